The van der Waals surface area contributed by atoms with Crippen LogP contribution >= 0.6 is 11.6 Å². The molecule has 0 aliphatic heterocycles. The smallest absolute Gasteiger partial charge is 0.122 e. The monoisotopic (exact) mass is 273 g/mol. The topological polar surface area (TPSA) is 53.1 Å². The summed E-state index contributed by atoms with van der Waals surface area (Å²) in [6.45, 7) is 0.778. The number of benzene rings is 2. The molecule has 2 aromatic carbocycles. The molecule has 0 heterocycles. The first-order valence-corrected chi connectivity index (χ1v) is 6.34. The number of nitrogens with zero attached hydrogens (tertiary/aromatic N) is 1. The molecule has 0 unspecified atom stereocenters. The lowest BCUT2D eigenvalue weighted by atomic mass is 10.1. The fourth-order valence-electron chi connectivity index (χ4n) is 1.90. The maximum atomic E-state index is 7.37. The van der Waals surface area contributed by atoms with Gasteiger partial charge in [-0.2, -0.15) is 0 Å². The molecular formula is C15H16ClN3. The number of anilines is 1. The lowest BCUT2D eigenvalue weighted by molar-refractivity contribution is 0.923. The summed E-state index contributed by atoms with van der Waals surface area (Å²) in [4.78, 5) is 2.12. The third kappa shape index (κ3) is 3.48. The molecule has 3 N–H and O–H groups in total. The molecule has 0 amide bonds. The van der Waals surface area contributed by atoms with Crippen LogP contribution in [0.25, 0.3) is 0 Å². The van der Waals surface area contributed by atoms with Crippen molar-refractivity contribution in [2.75, 3.05) is 11.9 Å². The Balaban J connectivity index is 2.11. The Hall–Kier alpha value is -2.00. The van der Waals surface area contributed by atoms with Crippen LogP contribution in [-0.4, -0.2) is 12.9 Å². The van der Waals surface area contributed by atoms with E-state index in [9.17, 15) is 0 Å². The van der Waals surface area contributed by atoms with Crippen LogP contribution in [0.15, 0.2) is 48.5 Å². The van der Waals surface area contributed by atoms with E-state index in [0.29, 0.717) is 0 Å². The van der Waals surface area contributed by atoms with E-state index in [2.05, 4.69) is 4.90 Å². The van der Waals surface area contributed by atoms with E-state index in [1.54, 1.807) is 0 Å². The molecule has 0 aliphatic rings. The number of hydrogen-bond donors (Lipinski definition) is 2. The number of nitrogens with two attached hydrogens (primary N) is 1. The van der Waals surface area contributed by atoms with E-state index in [-0.39, 0.29) is 5.84 Å². The summed E-state index contributed by atoms with van der Waals surface area (Å²) in [7, 11) is 2.02. The van der Waals surface area contributed by atoms with Crippen LogP contribution in [-0.2, 0) is 6.54 Å². The van der Waals surface area contributed by atoms with Gasteiger partial charge in [-0.25, -0.2) is 0 Å². The van der Waals surface area contributed by atoms with E-state index in [1.807, 2.05) is 55.6 Å². The van der Waals surface area contributed by atoms with Gasteiger partial charge in [-0.05, 0) is 42.0 Å². The Labute approximate surface area is 118 Å². The summed E-state index contributed by atoms with van der Waals surface area (Å²) in [5, 5.41) is 8.11. The first-order chi connectivity index (χ1) is 9.06. The van der Waals surface area contributed by atoms with Gasteiger partial charge in [0, 0.05) is 29.9 Å². The first kappa shape index (κ1) is 13.4. The zero-order valence-electron chi connectivity index (χ0n) is 10.7. The summed E-state index contributed by atoms with van der Waals surface area (Å²) in [5.74, 6) is 0.0871. The second-order valence-corrected chi connectivity index (χ2v) is 4.88. The zero-order chi connectivity index (χ0) is 13.8. The van der Waals surface area contributed by atoms with Crippen LogP contribution in [0.4, 0.5) is 5.69 Å². The van der Waals surface area contributed by atoms with E-state index < -0.39 is 0 Å². The highest BCUT2D eigenvalue weighted by atomic mass is 35.5. The number of nitrogens with one attached hydrogen (secondary N) is 1. The van der Waals surface area contributed by atoms with Crippen molar-refractivity contribution in [1.29, 1.82) is 5.41 Å². The highest BCUT2D eigenvalue weighted by molar-refractivity contribution is 6.30. The summed E-state index contributed by atoms with van der Waals surface area (Å²) in [6, 6.07) is 15.5. The summed E-state index contributed by atoms with van der Waals surface area (Å²) >= 11 is 5.97. The Bertz CT molecular complexity index is 578. The van der Waals surface area contributed by atoms with Gasteiger partial charge in [0.25, 0.3) is 0 Å². The maximum absolute atomic E-state index is 7.37. The molecule has 0 saturated heterocycles. The van der Waals surface area contributed by atoms with E-state index in [0.717, 1.165) is 28.4 Å². The van der Waals surface area contributed by atoms with Crippen molar-refractivity contribution in [3.8, 4) is 0 Å². The van der Waals surface area contributed by atoms with Crippen molar-refractivity contribution in [2.45, 2.75) is 6.54 Å². The highest BCUT2D eigenvalue weighted by Crippen LogP contribution is 2.18. The molecule has 3 nitrogen and oxygen atoms in total. The predicted molar refractivity (Wildman–Crippen MR) is 81.0 cm³/mol. The number of rotatable bonds is 4. The second-order valence-electron chi connectivity index (χ2n) is 4.45. The van der Waals surface area contributed by atoms with Crippen molar-refractivity contribution in [3.63, 3.8) is 0 Å². The van der Waals surface area contributed by atoms with Gasteiger partial charge in [0.1, 0.15) is 5.84 Å². The molecule has 0 aromatic heterocycles. The molecule has 4 heteroatoms. The van der Waals surface area contributed by atoms with Gasteiger partial charge in [-0.3, -0.25) is 5.41 Å². The minimum absolute atomic E-state index is 0.0871. The molecule has 0 aliphatic carbocycles. The minimum Gasteiger partial charge on any atom is -0.384 e. The largest absolute Gasteiger partial charge is 0.384 e. The van der Waals surface area contributed by atoms with Crippen molar-refractivity contribution in [3.05, 3.63) is 64.7 Å². The maximum Gasteiger partial charge on any atom is 0.122 e. The van der Waals surface area contributed by atoms with Crippen molar-refractivity contribution < 1.29 is 0 Å². The number of hydrogen-bond acceptors (Lipinski definition) is 2. The SMILES string of the molecule is CN(Cc1cccc(Cl)c1)c1ccc(C(=N)N)cc1. The summed E-state index contributed by atoms with van der Waals surface area (Å²) in [5.41, 5.74) is 8.40. The number of halogens is 1. The molecule has 2 rings (SSSR count). The fourth-order valence-corrected chi connectivity index (χ4v) is 2.11. The van der Waals surface area contributed by atoms with Gasteiger partial charge in [-0.1, -0.05) is 23.7 Å². The molecule has 0 fully saturated rings. The lowest BCUT2D eigenvalue weighted by Crippen LogP contribution is -2.17. The third-order valence-electron chi connectivity index (χ3n) is 2.93. The fraction of sp³-hybridized carbons (Fsp3) is 0.133. The van der Waals surface area contributed by atoms with Crippen molar-refractivity contribution >= 4 is 23.1 Å². The summed E-state index contributed by atoms with van der Waals surface area (Å²) in [6.07, 6.45) is 0. The molecule has 0 radical (unpaired) electrons. The van der Waals surface area contributed by atoms with Gasteiger partial charge >= 0.3 is 0 Å². The molecule has 0 atom stereocenters. The van der Waals surface area contributed by atoms with Gasteiger partial charge < -0.3 is 10.6 Å². The predicted octanol–water partition coefficient (Wildman–Crippen LogP) is 3.26. The molecular weight excluding hydrogens is 258 g/mol. The van der Waals surface area contributed by atoms with Crippen molar-refractivity contribution in [1.82, 2.24) is 0 Å². The Morgan fingerprint density at radius 2 is 1.89 bits per heavy atom. The van der Waals surface area contributed by atoms with E-state index in [4.69, 9.17) is 22.7 Å². The van der Waals surface area contributed by atoms with Crippen LogP contribution in [0, 0.1) is 5.41 Å². The van der Waals surface area contributed by atoms with Crippen LogP contribution in [0.5, 0.6) is 0 Å². The van der Waals surface area contributed by atoms with Crippen LogP contribution in [0.1, 0.15) is 11.1 Å². The standard InChI is InChI=1S/C15H16ClN3/c1-19(10-11-3-2-4-13(16)9-11)14-7-5-12(6-8-14)15(17)18/h2-9H,10H2,1H3,(H3,17,18). The summed E-state index contributed by atoms with van der Waals surface area (Å²) < 4.78 is 0. The quantitative estimate of drug-likeness (QED) is 0.664. The van der Waals surface area contributed by atoms with Gasteiger partial charge in [0.05, 0.1) is 0 Å². The lowest BCUT2D eigenvalue weighted by Gasteiger charge is -2.19. The van der Waals surface area contributed by atoms with Gasteiger partial charge in [-0.15, -0.1) is 0 Å². The van der Waals surface area contributed by atoms with Crippen LogP contribution < -0.4 is 10.6 Å². The zero-order valence-corrected chi connectivity index (χ0v) is 11.5. The molecule has 19 heavy (non-hydrogen) atoms. The van der Waals surface area contributed by atoms with Gasteiger partial charge in [0.15, 0.2) is 0 Å². The molecule has 0 bridgehead atoms. The molecule has 0 saturated carbocycles. The van der Waals surface area contributed by atoms with Crippen molar-refractivity contribution in [2.24, 2.45) is 5.73 Å². The van der Waals surface area contributed by atoms with Gasteiger partial charge in [0.2, 0.25) is 0 Å². The van der Waals surface area contributed by atoms with Crippen LogP contribution in [0.3, 0.4) is 0 Å². The number of amidine groups is 1. The van der Waals surface area contributed by atoms with E-state index >= 15 is 0 Å². The highest BCUT2D eigenvalue weighted by Gasteiger charge is 2.03. The first-order valence-electron chi connectivity index (χ1n) is 5.96. The van der Waals surface area contributed by atoms with E-state index in [1.165, 1.54) is 0 Å². The normalized spacial score (nSPS) is 10.2. The average molecular weight is 274 g/mol. The number of nitrogen functional groups attached to an aromatic ring is 1. The molecule has 2 aromatic rings. The third-order valence-corrected chi connectivity index (χ3v) is 3.16. The second kappa shape index (κ2) is 5.76. The Kier molecular flexibility index (Phi) is 4.07. The Morgan fingerprint density at radius 1 is 1.21 bits per heavy atom. The Morgan fingerprint density at radius 3 is 2.47 bits per heavy atom. The average Bonchev–Trinajstić information content (AvgIpc) is 2.39. The molecule has 98 valence electrons. The minimum atomic E-state index is 0.0871. The van der Waals surface area contributed by atoms with Crippen LogP contribution in [0.2, 0.25) is 5.02 Å². The molecule has 0 spiro atoms.